The highest BCUT2D eigenvalue weighted by Gasteiger charge is 2.03. The summed E-state index contributed by atoms with van der Waals surface area (Å²) in [5.74, 6) is 0. The molecule has 0 spiro atoms. The molecule has 0 N–H and O–H groups in total. The summed E-state index contributed by atoms with van der Waals surface area (Å²) in [6.07, 6.45) is 1.64. The Morgan fingerprint density at radius 1 is 0.882 bits per heavy atom. The van der Waals surface area contributed by atoms with Crippen LogP contribution in [0.4, 0.5) is 11.4 Å². The second-order valence-corrected chi connectivity index (χ2v) is 4.81. The Bertz CT molecular complexity index is 552. The highest BCUT2D eigenvalue weighted by atomic mass is 32.2. The topological polar surface area (TPSA) is 41.8 Å². The van der Waals surface area contributed by atoms with Crippen LogP contribution in [0, 0.1) is 0 Å². The van der Waals surface area contributed by atoms with Gasteiger partial charge in [-0.2, -0.15) is 5.11 Å². The summed E-state index contributed by atoms with van der Waals surface area (Å²) >= 11 is 0. The van der Waals surface area contributed by atoms with Crippen LogP contribution in [0.3, 0.4) is 0 Å². The van der Waals surface area contributed by atoms with Crippen LogP contribution in [-0.2, 0) is 10.8 Å². The second kappa shape index (κ2) is 5.50. The summed E-state index contributed by atoms with van der Waals surface area (Å²) in [5, 5.41) is 8.24. The van der Waals surface area contributed by atoms with E-state index in [1.165, 1.54) is 0 Å². The van der Waals surface area contributed by atoms with E-state index in [1.54, 1.807) is 12.3 Å². The highest BCUT2D eigenvalue weighted by molar-refractivity contribution is 7.84. The lowest BCUT2D eigenvalue weighted by Crippen LogP contribution is -1.86. The van der Waals surface area contributed by atoms with E-state index >= 15 is 0 Å². The van der Waals surface area contributed by atoms with E-state index in [-0.39, 0.29) is 0 Å². The van der Waals surface area contributed by atoms with Crippen LogP contribution >= 0.6 is 0 Å². The van der Waals surface area contributed by atoms with Gasteiger partial charge in [0.2, 0.25) is 0 Å². The number of hydrogen-bond acceptors (Lipinski definition) is 3. The zero-order valence-corrected chi connectivity index (χ0v) is 10.2. The number of benzene rings is 2. The van der Waals surface area contributed by atoms with Gasteiger partial charge in [-0.1, -0.05) is 30.3 Å². The van der Waals surface area contributed by atoms with Gasteiger partial charge in [-0.25, -0.2) is 0 Å². The Labute approximate surface area is 103 Å². The predicted octanol–water partition coefficient (Wildman–Crippen LogP) is 3.84. The van der Waals surface area contributed by atoms with E-state index in [2.05, 4.69) is 10.2 Å². The predicted molar refractivity (Wildman–Crippen MR) is 69.4 cm³/mol. The fraction of sp³-hybridized carbons (Fsp3) is 0.0769. The maximum absolute atomic E-state index is 11.5. The van der Waals surface area contributed by atoms with Gasteiger partial charge in [0.05, 0.1) is 21.4 Å². The first kappa shape index (κ1) is 11.7. The van der Waals surface area contributed by atoms with Crippen molar-refractivity contribution in [2.24, 2.45) is 10.2 Å². The molecule has 2 aromatic rings. The second-order valence-electron chi connectivity index (χ2n) is 3.46. The van der Waals surface area contributed by atoms with Crippen molar-refractivity contribution in [2.75, 3.05) is 6.26 Å². The number of rotatable bonds is 3. The van der Waals surface area contributed by atoms with Gasteiger partial charge in [-0.15, -0.1) is 5.11 Å². The normalized spacial score (nSPS) is 12.8. The van der Waals surface area contributed by atoms with E-state index in [1.807, 2.05) is 48.5 Å². The van der Waals surface area contributed by atoms with Crippen LogP contribution in [0.2, 0.25) is 0 Å². The molecule has 0 amide bonds. The minimum Gasteiger partial charge on any atom is -0.255 e. The molecule has 86 valence electrons. The Morgan fingerprint density at radius 3 is 2.24 bits per heavy atom. The zero-order valence-electron chi connectivity index (χ0n) is 9.41. The quantitative estimate of drug-likeness (QED) is 0.756. The fourth-order valence-corrected chi connectivity index (χ4v) is 2.06. The van der Waals surface area contributed by atoms with E-state index in [0.29, 0.717) is 10.6 Å². The van der Waals surface area contributed by atoms with Crippen molar-refractivity contribution in [1.29, 1.82) is 0 Å². The summed E-state index contributed by atoms with van der Waals surface area (Å²) in [6.45, 7) is 0. The SMILES string of the molecule is CS(=O)c1ccccc1N=Nc1ccccc1. The first-order valence-corrected chi connectivity index (χ1v) is 6.72. The van der Waals surface area contributed by atoms with Gasteiger partial charge < -0.3 is 0 Å². The molecule has 0 fully saturated rings. The molecule has 0 aromatic heterocycles. The summed E-state index contributed by atoms with van der Waals surface area (Å²) in [7, 11) is -1.05. The lowest BCUT2D eigenvalue weighted by atomic mass is 10.3. The lowest BCUT2D eigenvalue weighted by molar-refractivity contribution is 0.687. The third-order valence-corrected chi connectivity index (χ3v) is 3.17. The Balaban J connectivity index is 2.30. The Hall–Kier alpha value is -1.81. The Kier molecular flexibility index (Phi) is 3.77. The molecule has 0 aliphatic rings. The molecule has 0 saturated heterocycles. The minimum absolute atomic E-state index is 0.650. The van der Waals surface area contributed by atoms with Crippen molar-refractivity contribution in [3.8, 4) is 0 Å². The van der Waals surface area contributed by atoms with Gasteiger partial charge in [0, 0.05) is 6.26 Å². The van der Waals surface area contributed by atoms with Crippen LogP contribution in [-0.4, -0.2) is 10.5 Å². The first-order valence-electron chi connectivity index (χ1n) is 5.16. The minimum atomic E-state index is -1.05. The summed E-state index contributed by atoms with van der Waals surface area (Å²) < 4.78 is 11.5. The molecule has 0 saturated carbocycles. The van der Waals surface area contributed by atoms with Gasteiger partial charge in [0.25, 0.3) is 0 Å². The van der Waals surface area contributed by atoms with Crippen molar-refractivity contribution >= 4 is 22.2 Å². The maximum atomic E-state index is 11.5. The largest absolute Gasteiger partial charge is 0.255 e. The number of nitrogens with zero attached hydrogens (tertiary/aromatic N) is 2. The van der Waals surface area contributed by atoms with Gasteiger partial charge >= 0.3 is 0 Å². The molecule has 0 aliphatic heterocycles. The van der Waals surface area contributed by atoms with Crippen LogP contribution in [0.25, 0.3) is 0 Å². The van der Waals surface area contributed by atoms with Crippen LogP contribution in [0.15, 0.2) is 69.7 Å². The van der Waals surface area contributed by atoms with E-state index in [4.69, 9.17) is 0 Å². The third-order valence-electron chi connectivity index (χ3n) is 2.20. The summed E-state index contributed by atoms with van der Waals surface area (Å²) in [6, 6.07) is 16.8. The van der Waals surface area contributed by atoms with Gasteiger partial charge in [-0.3, -0.25) is 4.21 Å². The smallest absolute Gasteiger partial charge is 0.102 e. The molecule has 0 bridgehead atoms. The summed E-state index contributed by atoms with van der Waals surface area (Å²) in [4.78, 5) is 0.701. The molecule has 1 atom stereocenters. The van der Waals surface area contributed by atoms with Crippen LogP contribution < -0.4 is 0 Å². The van der Waals surface area contributed by atoms with Crippen LogP contribution in [0.1, 0.15) is 0 Å². The van der Waals surface area contributed by atoms with E-state index < -0.39 is 10.8 Å². The highest BCUT2D eigenvalue weighted by Crippen LogP contribution is 2.24. The first-order chi connectivity index (χ1) is 8.27. The van der Waals surface area contributed by atoms with Crippen molar-refractivity contribution in [1.82, 2.24) is 0 Å². The van der Waals surface area contributed by atoms with Gasteiger partial charge in [-0.05, 0) is 24.3 Å². The molecule has 0 aliphatic carbocycles. The van der Waals surface area contributed by atoms with E-state index in [0.717, 1.165) is 5.69 Å². The van der Waals surface area contributed by atoms with Crippen molar-refractivity contribution in [3.63, 3.8) is 0 Å². The Morgan fingerprint density at radius 2 is 1.53 bits per heavy atom. The van der Waals surface area contributed by atoms with E-state index in [9.17, 15) is 4.21 Å². The van der Waals surface area contributed by atoms with Gasteiger partial charge in [0.1, 0.15) is 5.69 Å². The fourth-order valence-electron chi connectivity index (χ4n) is 1.39. The standard InChI is InChI=1S/C13H12N2OS/c1-17(16)13-10-6-5-9-12(13)15-14-11-7-3-2-4-8-11/h2-10H,1H3. The number of azo groups is 1. The number of hydrogen-bond donors (Lipinski definition) is 0. The lowest BCUT2D eigenvalue weighted by Gasteiger charge is -1.99. The molecule has 17 heavy (non-hydrogen) atoms. The zero-order chi connectivity index (χ0) is 12.1. The summed E-state index contributed by atoms with van der Waals surface area (Å²) in [5.41, 5.74) is 1.43. The van der Waals surface area contributed by atoms with Crippen molar-refractivity contribution in [2.45, 2.75) is 4.90 Å². The van der Waals surface area contributed by atoms with Crippen LogP contribution in [0.5, 0.6) is 0 Å². The molecule has 0 radical (unpaired) electrons. The van der Waals surface area contributed by atoms with Crippen molar-refractivity contribution in [3.05, 3.63) is 54.6 Å². The molecule has 2 rings (SSSR count). The molecule has 1 unspecified atom stereocenters. The average Bonchev–Trinajstić information content (AvgIpc) is 2.38. The molecule has 3 nitrogen and oxygen atoms in total. The third kappa shape index (κ3) is 3.07. The maximum Gasteiger partial charge on any atom is 0.102 e. The molecule has 2 aromatic carbocycles. The molecular weight excluding hydrogens is 232 g/mol. The monoisotopic (exact) mass is 244 g/mol. The molecule has 0 heterocycles. The van der Waals surface area contributed by atoms with Gasteiger partial charge in [0.15, 0.2) is 0 Å². The molecule has 4 heteroatoms. The average molecular weight is 244 g/mol. The molecular formula is C13H12N2OS. The van der Waals surface area contributed by atoms with Crippen molar-refractivity contribution < 1.29 is 4.21 Å².